The smallest absolute Gasteiger partial charge is 0.288 e. The van der Waals surface area contributed by atoms with Gasteiger partial charge in [-0.25, -0.2) is 10.0 Å². The van der Waals surface area contributed by atoms with Gasteiger partial charge in [0, 0.05) is 23.9 Å². The van der Waals surface area contributed by atoms with Crippen LogP contribution in [0, 0.1) is 46.3 Å². The number of ketones is 2. The van der Waals surface area contributed by atoms with Gasteiger partial charge in [0.2, 0.25) is 11.6 Å². The van der Waals surface area contributed by atoms with Crippen LogP contribution in [0.4, 0.5) is 0 Å². The Balaban J connectivity index is 1.12. The first-order valence-corrected chi connectivity index (χ1v) is 14.1. The van der Waals surface area contributed by atoms with E-state index < -0.39 is 22.6 Å². The number of rotatable bonds is 4. The van der Waals surface area contributed by atoms with E-state index in [1.807, 2.05) is 0 Å². The topological polar surface area (TPSA) is 74.8 Å². The van der Waals surface area contributed by atoms with E-state index in [1.54, 1.807) is 0 Å². The van der Waals surface area contributed by atoms with Gasteiger partial charge in [-0.2, -0.15) is 0 Å². The quantitative estimate of drug-likeness (QED) is 0.589. The Morgan fingerprint density at radius 1 is 0.471 bits per heavy atom. The number of Topliss-reactive ketones (excluding diaryl/α,β-unsaturated/α-hetero) is 2. The summed E-state index contributed by atoms with van der Waals surface area (Å²) in [4.78, 5) is 54.8. The Morgan fingerprint density at radius 3 is 1.00 bits per heavy atom. The number of hydrogen-bond acceptors (Lipinski definition) is 4. The summed E-state index contributed by atoms with van der Waals surface area (Å²) in [6.07, 6.45) is 13.9. The first kappa shape index (κ1) is 21.6. The number of carbonyl (C=O) groups excluding carboxylic acids is 4. The number of hydrazine groups is 1. The summed E-state index contributed by atoms with van der Waals surface area (Å²) >= 11 is 0. The molecule has 9 fully saturated rings. The average molecular weight is 467 g/mol. The third-order valence-corrected chi connectivity index (χ3v) is 11.2. The van der Waals surface area contributed by atoms with Gasteiger partial charge in [0.15, 0.2) is 0 Å². The Labute approximate surface area is 202 Å². The predicted molar refractivity (Wildman–Crippen MR) is 124 cm³/mol. The second-order valence-electron chi connectivity index (χ2n) is 13.6. The van der Waals surface area contributed by atoms with E-state index in [1.165, 1.54) is 48.5 Å². The molecule has 0 unspecified atom stereocenters. The highest BCUT2D eigenvalue weighted by atomic mass is 16.2. The van der Waals surface area contributed by atoms with Gasteiger partial charge < -0.3 is 0 Å². The van der Waals surface area contributed by atoms with E-state index >= 15 is 0 Å². The SMILES string of the molecule is O=C(C(=O)C12CC3CC(CC(C3)C1)C2)N1CCCCN1C(=O)C(=O)C12CC3CC(CC(C3)C1)C2. The van der Waals surface area contributed by atoms with Crippen molar-refractivity contribution < 1.29 is 19.2 Å². The zero-order valence-corrected chi connectivity index (χ0v) is 20.3. The van der Waals surface area contributed by atoms with E-state index in [-0.39, 0.29) is 11.6 Å². The lowest BCUT2D eigenvalue weighted by Crippen LogP contribution is -2.62. The van der Waals surface area contributed by atoms with Crippen molar-refractivity contribution in [1.82, 2.24) is 10.0 Å². The molecule has 0 aromatic rings. The van der Waals surface area contributed by atoms with Crippen LogP contribution >= 0.6 is 0 Å². The van der Waals surface area contributed by atoms with Gasteiger partial charge >= 0.3 is 11.8 Å². The molecule has 34 heavy (non-hydrogen) atoms. The van der Waals surface area contributed by atoms with Gasteiger partial charge in [-0.1, -0.05) is 0 Å². The molecule has 0 N–H and O–H groups in total. The highest BCUT2D eigenvalue weighted by molar-refractivity contribution is 6.41. The molecule has 9 aliphatic rings. The lowest BCUT2D eigenvalue weighted by Gasteiger charge is -2.56. The number of nitrogens with zero attached hydrogens (tertiary/aromatic N) is 2. The standard InChI is InChI=1S/C28H38N2O4/c31-23(27-11-17-5-18(12-27)7-19(6-17)13-27)25(33)29-3-1-2-4-30(29)26(34)24(32)28-14-20-8-21(15-28)10-22(9-20)16-28/h17-22H,1-16H2. The van der Waals surface area contributed by atoms with Crippen molar-refractivity contribution in [2.45, 2.75) is 89.9 Å². The minimum Gasteiger partial charge on any atom is -0.288 e. The van der Waals surface area contributed by atoms with Gasteiger partial charge in [-0.15, -0.1) is 0 Å². The van der Waals surface area contributed by atoms with Crippen LogP contribution in [0.3, 0.4) is 0 Å². The molecule has 6 nitrogen and oxygen atoms in total. The second kappa shape index (κ2) is 7.39. The lowest BCUT2D eigenvalue weighted by molar-refractivity contribution is -0.181. The van der Waals surface area contributed by atoms with Crippen LogP contribution < -0.4 is 0 Å². The summed E-state index contributed by atoms with van der Waals surface area (Å²) in [5, 5.41) is 2.79. The van der Waals surface area contributed by atoms with Gasteiger partial charge in [0.1, 0.15) is 0 Å². The average Bonchev–Trinajstić information content (AvgIpc) is 2.80. The van der Waals surface area contributed by atoms with Crippen LogP contribution in [-0.4, -0.2) is 46.5 Å². The van der Waals surface area contributed by atoms with Gasteiger partial charge in [0.05, 0.1) is 0 Å². The van der Waals surface area contributed by atoms with Gasteiger partial charge in [-0.3, -0.25) is 19.2 Å². The van der Waals surface area contributed by atoms with Crippen molar-refractivity contribution in [2.75, 3.05) is 13.1 Å². The molecule has 1 heterocycles. The maximum atomic E-state index is 13.7. The summed E-state index contributed by atoms with van der Waals surface area (Å²) in [5.41, 5.74) is -1.02. The number of hydrogen-bond donors (Lipinski definition) is 0. The fourth-order valence-electron chi connectivity index (χ4n) is 10.7. The number of amides is 2. The van der Waals surface area contributed by atoms with Crippen LogP contribution in [0.5, 0.6) is 0 Å². The van der Waals surface area contributed by atoms with E-state index in [9.17, 15) is 19.2 Å². The molecule has 8 saturated carbocycles. The van der Waals surface area contributed by atoms with Crippen LogP contribution in [-0.2, 0) is 19.2 Å². The fourth-order valence-corrected chi connectivity index (χ4v) is 10.7. The molecule has 0 radical (unpaired) electrons. The third-order valence-electron chi connectivity index (χ3n) is 11.2. The highest BCUT2D eigenvalue weighted by Gasteiger charge is 2.59. The normalized spacial score (nSPS) is 46.1. The van der Waals surface area contributed by atoms with Crippen molar-refractivity contribution >= 4 is 23.4 Å². The minimum atomic E-state index is -0.520. The zero-order valence-electron chi connectivity index (χ0n) is 20.3. The van der Waals surface area contributed by atoms with Crippen molar-refractivity contribution in [3.8, 4) is 0 Å². The van der Waals surface area contributed by atoms with Crippen molar-refractivity contribution in [2.24, 2.45) is 46.3 Å². The first-order chi connectivity index (χ1) is 16.3. The summed E-state index contributed by atoms with van der Waals surface area (Å²) in [7, 11) is 0. The highest BCUT2D eigenvalue weighted by Crippen LogP contribution is 2.61. The van der Waals surface area contributed by atoms with Crippen molar-refractivity contribution in [3.05, 3.63) is 0 Å². The van der Waals surface area contributed by atoms with E-state index in [0.717, 1.165) is 51.4 Å². The Kier molecular flexibility index (Phi) is 4.69. The van der Waals surface area contributed by atoms with Crippen LogP contribution in [0.25, 0.3) is 0 Å². The summed E-state index contributed by atoms with van der Waals surface area (Å²) in [5.74, 6) is 1.92. The largest absolute Gasteiger partial charge is 0.309 e. The zero-order chi connectivity index (χ0) is 23.2. The summed E-state index contributed by atoms with van der Waals surface area (Å²) in [6.45, 7) is 0.744. The molecule has 0 aromatic heterocycles. The molecule has 1 saturated heterocycles. The fraction of sp³-hybridized carbons (Fsp3) is 0.857. The molecule has 0 aromatic carbocycles. The van der Waals surface area contributed by atoms with Gasteiger partial charge in [-0.05, 0) is 125 Å². The molecular formula is C28H38N2O4. The maximum Gasteiger partial charge on any atom is 0.309 e. The molecule has 0 atom stereocenters. The molecule has 6 heteroatoms. The monoisotopic (exact) mass is 466 g/mol. The molecule has 9 rings (SSSR count). The third kappa shape index (κ3) is 3.12. The summed E-state index contributed by atoms with van der Waals surface area (Å²) in [6, 6.07) is 0. The maximum absolute atomic E-state index is 13.7. The number of carbonyl (C=O) groups is 4. The Hall–Kier alpha value is -1.72. The molecule has 1 aliphatic heterocycles. The molecule has 0 spiro atoms. The first-order valence-electron chi connectivity index (χ1n) is 14.1. The Morgan fingerprint density at radius 2 is 0.735 bits per heavy atom. The molecule has 8 bridgehead atoms. The second-order valence-corrected chi connectivity index (χ2v) is 13.6. The van der Waals surface area contributed by atoms with Gasteiger partial charge in [0.25, 0.3) is 0 Å². The molecule has 184 valence electrons. The van der Waals surface area contributed by atoms with E-state index in [2.05, 4.69) is 0 Å². The van der Waals surface area contributed by atoms with Crippen LogP contribution in [0.15, 0.2) is 0 Å². The lowest BCUT2D eigenvalue weighted by atomic mass is 9.48. The van der Waals surface area contributed by atoms with Crippen LogP contribution in [0.2, 0.25) is 0 Å². The van der Waals surface area contributed by atoms with Crippen molar-refractivity contribution in [3.63, 3.8) is 0 Å². The molecule has 2 amide bonds. The predicted octanol–water partition coefficient (Wildman–Crippen LogP) is 3.92. The van der Waals surface area contributed by atoms with E-state index in [4.69, 9.17) is 0 Å². The van der Waals surface area contributed by atoms with E-state index in [0.29, 0.717) is 48.6 Å². The Bertz CT molecular complexity index is 807. The van der Waals surface area contributed by atoms with Crippen molar-refractivity contribution in [1.29, 1.82) is 0 Å². The summed E-state index contributed by atoms with van der Waals surface area (Å²) < 4.78 is 0. The molecule has 8 aliphatic carbocycles. The molecular weight excluding hydrogens is 428 g/mol. The minimum absolute atomic E-state index is 0.270. The van der Waals surface area contributed by atoms with Crippen LogP contribution in [0.1, 0.15) is 89.9 Å².